The van der Waals surface area contributed by atoms with Gasteiger partial charge in [0.25, 0.3) is 0 Å². The summed E-state index contributed by atoms with van der Waals surface area (Å²) in [7, 11) is 0. The molecule has 11 heavy (non-hydrogen) atoms. The molecule has 66 valence electrons. The molecule has 2 nitrogen and oxygen atoms in total. The van der Waals surface area contributed by atoms with Gasteiger partial charge in [-0.3, -0.25) is 0 Å². The van der Waals surface area contributed by atoms with E-state index in [1.807, 2.05) is 6.92 Å². The van der Waals surface area contributed by atoms with Crippen LogP contribution in [0.15, 0.2) is 0 Å². The van der Waals surface area contributed by atoms with Crippen LogP contribution in [0.5, 0.6) is 0 Å². The molecule has 0 aromatic heterocycles. The van der Waals surface area contributed by atoms with Crippen LogP contribution in [0.2, 0.25) is 0 Å². The Morgan fingerprint density at radius 2 is 2.00 bits per heavy atom. The van der Waals surface area contributed by atoms with Crippen LogP contribution in [0.3, 0.4) is 0 Å². The van der Waals surface area contributed by atoms with Gasteiger partial charge in [-0.15, -0.1) is 0 Å². The van der Waals surface area contributed by atoms with Gasteiger partial charge in [-0.1, -0.05) is 20.8 Å². The van der Waals surface area contributed by atoms with Crippen LogP contribution in [-0.4, -0.2) is 11.5 Å². The van der Waals surface area contributed by atoms with Crippen LogP contribution in [0.1, 0.15) is 34.1 Å². The van der Waals surface area contributed by atoms with E-state index < -0.39 is 5.43 Å². The lowest BCUT2D eigenvalue weighted by atomic mass is 9.90. The minimum absolute atomic E-state index is 0.0972. The quantitative estimate of drug-likeness (QED) is 0.607. The third-order valence-electron chi connectivity index (χ3n) is 1.19. The molecule has 0 aliphatic carbocycles. The Morgan fingerprint density at radius 3 is 2.27 bits per heavy atom. The topological polar surface area (TPSA) is 26.3 Å². The fourth-order valence-corrected chi connectivity index (χ4v) is 1.21. The Bertz CT molecular complexity index is 138. The minimum atomic E-state index is -0.721. The number of carbonyl (C=O) groups excluding carboxylic acids is 1. The maximum atomic E-state index is 10.3. The van der Waals surface area contributed by atoms with Crippen molar-refractivity contribution in [2.45, 2.75) is 40.2 Å². The zero-order valence-electron chi connectivity index (χ0n) is 7.48. The number of carbonyl (C=O) groups is 1. The normalized spacial score (nSPS) is 14.3. The van der Waals surface area contributed by atoms with Crippen molar-refractivity contribution >= 4 is 17.0 Å². The lowest BCUT2D eigenvalue weighted by molar-refractivity contribution is 0.103. The van der Waals surface area contributed by atoms with Gasteiger partial charge in [0, 0.05) is 11.6 Å². The molecule has 0 bridgehead atoms. The van der Waals surface area contributed by atoms with E-state index >= 15 is 0 Å². The number of hydrogen-bond donors (Lipinski definition) is 0. The standard InChI is InChI=1S/C8H15ClO2/c1-6(11-7(9)10)5-8(2,3)4/h6H,5H2,1-4H3. The van der Waals surface area contributed by atoms with Crippen molar-refractivity contribution in [1.82, 2.24) is 0 Å². The summed E-state index contributed by atoms with van der Waals surface area (Å²) in [5.74, 6) is 0. The molecule has 0 heterocycles. The molecule has 0 aliphatic rings. The van der Waals surface area contributed by atoms with E-state index in [0.717, 1.165) is 6.42 Å². The van der Waals surface area contributed by atoms with Crippen molar-refractivity contribution < 1.29 is 9.53 Å². The molecular formula is C8H15ClO2. The van der Waals surface area contributed by atoms with Gasteiger partial charge >= 0.3 is 5.43 Å². The predicted octanol–water partition coefficient (Wildman–Crippen LogP) is 3.19. The predicted molar refractivity (Wildman–Crippen MR) is 45.9 cm³/mol. The Balaban J connectivity index is 3.69. The van der Waals surface area contributed by atoms with Crippen LogP contribution in [0.4, 0.5) is 4.79 Å². The first kappa shape index (κ1) is 10.8. The van der Waals surface area contributed by atoms with Gasteiger partial charge in [-0.25, -0.2) is 4.79 Å². The first-order chi connectivity index (χ1) is 4.81. The molecule has 0 rings (SSSR count). The lowest BCUT2D eigenvalue weighted by Crippen LogP contribution is -2.18. The second-order valence-electron chi connectivity index (χ2n) is 3.93. The third-order valence-corrected chi connectivity index (χ3v) is 1.28. The maximum absolute atomic E-state index is 10.3. The molecule has 0 amide bonds. The van der Waals surface area contributed by atoms with Crippen LogP contribution in [-0.2, 0) is 4.74 Å². The Labute approximate surface area is 72.9 Å². The van der Waals surface area contributed by atoms with Crippen molar-refractivity contribution in [2.75, 3.05) is 0 Å². The molecule has 1 atom stereocenters. The molecule has 0 aromatic carbocycles. The van der Waals surface area contributed by atoms with Crippen molar-refractivity contribution in [1.29, 1.82) is 0 Å². The van der Waals surface area contributed by atoms with Crippen molar-refractivity contribution in [2.24, 2.45) is 5.41 Å². The second kappa shape index (κ2) is 3.96. The van der Waals surface area contributed by atoms with E-state index in [9.17, 15) is 4.79 Å². The van der Waals surface area contributed by atoms with Crippen molar-refractivity contribution in [3.63, 3.8) is 0 Å². The summed E-state index contributed by atoms with van der Waals surface area (Å²) in [5, 5.41) is 0. The molecule has 3 heteroatoms. The monoisotopic (exact) mass is 178 g/mol. The van der Waals surface area contributed by atoms with Gasteiger partial charge in [-0.2, -0.15) is 0 Å². The van der Waals surface area contributed by atoms with E-state index in [1.54, 1.807) is 0 Å². The van der Waals surface area contributed by atoms with Gasteiger partial charge in [0.1, 0.15) is 6.10 Å². The molecule has 0 aromatic rings. The van der Waals surface area contributed by atoms with Crippen molar-refractivity contribution in [3.05, 3.63) is 0 Å². The second-order valence-corrected chi connectivity index (χ2v) is 4.24. The molecule has 0 aliphatic heterocycles. The van der Waals surface area contributed by atoms with Gasteiger partial charge < -0.3 is 4.74 Å². The summed E-state index contributed by atoms with van der Waals surface area (Å²) < 4.78 is 4.75. The Kier molecular flexibility index (Phi) is 3.87. The smallest absolute Gasteiger partial charge is 0.404 e. The number of rotatable bonds is 2. The van der Waals surface area contributed by atoms with Crippen molar-refractivity contribution in [3.8, 4) is 0 Å². The first-order valence-electron chi connectivity index (χ1n) is 3.67. The molecule has 0 N–H and O–H groups in total. The zero-order valence-corrected chi connectivity index (χ0v) is 8.23. The summed E-state index contributed by atoms with van der Waals surface area (Å²) in [4.78, 5) is 10.3. The van der Waals surface area contributed by atoms with E-state index in [-0.39, 0.29) is 11.5 Å². The van der Waals surface area contributed by atoms with E-state index in [1.165, 1.54) is 0 Å². The van der Waals surface area contributed by atoms with E-state index in [2.05, 4.69) is 20.8 Å². The van der Waals surface area contributed by atoms with E-state index in [0.29, 0.717) is 0 Å². The van der Waals surface area contributed by atoms with Gasteiger partial charge in [0.05, 0.1) is 0 Å². The number of ether oxygens (including phenoxy) is 1. The van der Waals surface area contributed by atoms with Gasteiger partial charge in [0.2, 0.25) is 0 Å². The molecule has 0 spiro atoms. The largest absolute Gasteiger partial charge is 0.451 e. The highest BCUT2D eigenvalue weighted by Gasteiger charge is 2.17. The third kappa shape index (κ3) is 7.66. The average Bonchev–Trinajstić information content (AvgIpc) is 1.53. The van der Waals surface area contributed by atoms with Crippen LogP contribution >= 0.6 is 11.6 Å². The Hall–Kier alpha value is -0.240. The molecular weight excluding hydrogens is 164 g/mol. The van der Waals surface area contributed by atoms with Crippen LogP contribution in [0.25, 0.3) is 0 Å². The number of halogens is 1. The number of hydrogen-bond acceptors (Lipinski definition) is 2. The minimum Gasteiger partial charge on any atom is -0.451 e. The Morgan fingerprint density at radius 1 is 1.55 bits per heavy atom. The lowest BCUT2D eigenvalue weighted by Gasteiger charge is -2.22. The molecule has 0 saturated heterocycles. The molecule has 0 saturated carbocycles. The fraction of sp³-hybridized carbons (Fsp3) is 0.875. The summed E-state index contributed by atoms with van der Waals surface area (Å²) >= 11 is 5.04. The first-order valence-corrected chi connectivity index (χ1v) is 4.05. The highest BCUT2D eigenvalue weighted by Crippen LogP contribution is 2.22. The summed E-state index contributed by atoms with van der Waals surface area (Å²) in [5.41, 5.74) is -0.548. The van der Waals surface area contributed by atoms with Gasteiger partial charge in [0.15, 0.2) is 0 Å². The summed E-state index contributed by atoms with van der Waals surface area (Å²) in [6.07, 6.45) is 0.728. The maximum Gasteiger partial charge on any atom is 0.404 e. The average molecular weight is 179 g/mol. The highest BCUT2D eigenvalue weighted by atomic mass is 35.5. The molecule has 0 radical (unpaired) electrons. The van der Waals surface area contributed by atoms with Crippen LogP contribution in [0, 0.1) is 5.41 Å². The zero-order chi connectivity index (χ0) is 9.07. The summed E-state index contributed by atoms with van der Waals surface area (Å²) in [6.45, 7) is 8.11. The SMILES string of the molecule is CC(CC(C)(C)C)OC(=O)Cl. The molecule has 0 fully saturated rings. The summed E-state index contributed by atoms with van der Waals surface area (Å²) in [6, 6.07) is 0. The van der Waals surface area contributed by atoms with Gasteiger partial charge in [-0.05, 0) is 18.8 Å². The highest BCUT2D eigenvalue weighted by molar-refractivity contribution is 6.61. The molecule has 1 unspecified atom stereocenters. The fourth-order valence-electron chi connectivity index (χ4n) is 1.06. The van der Waals surface area contributed by atoms with E-state index in [4.69, 9.17) is 16.3 Å². The van der Waals surface area contributed by atoms with Crippen LogP contribution < -0.4 is 0 Å².